The number of anilines is 1. The van der Waals surface area contributed by atoms with Gasteiger partial charge in [-0.3, -0.25) is 0 Å². The van der Waals surface area contributed by atoms with Crippen molar-refractivity contribution in [2.75, 3.05) is 12.8 Å². The normalized spacial score (nSPS) is 10.4. The second-order valence-corrected chi connectivity index (χ2v) is 3.79. The molecule has 4 nitrogen and oxygen atoms in total. The average Bonchev–Trinajstić information content (AvgIpc) is 2.67. The SMILES string of the molecule is COc1c(Cl)ccc(C)c1-c1cc(N)on1. The fourth-order valence-corrected chi connectivity index (χ4v) is 1.82. The molecule has 5 heteroatoms. The Kier molecular flexibility index (Phi) is 2.75. The predicted molar refractivity (Wildman–Crippen MR) is 62.7 cm³/mol. The van der Waals surface area contributed by atoms with Gasteiger partial charge in [0, 0.05) is 6.07 Å². The fourth-order valence-electron chi connectivity index (χ4n) is 1.58. The summed E-state index contributed by atoms with van der Waals surface area (Å²) in [5.74, 6) is 0.839. The van der Waals surface area contributed by atoms with Gasteiger partial charge in [0.15, 0.2) is 0 Å². The molecule has 0 aliphatic heterocycles. The van der Waals surface area contributed by atoms with Crippen molar-refractivity contribution in [3.05, 3.63) is 28.8 Å². The molecule has 1 heterocycles. The van der Waals surface area contributed by atoms with Crippen LogP contribution in [0.2, 0.25) is 5.02 Å². The topological polar surface area (TPSA) is 61.3 Å². The predicted octanol–water partition coefficient (Wildman–Crippen LogP) is 2.89. The smallest absolute Gasteiger partial charge is 0.222 e. The van der Waals surface area contributed by atoms with Gasteiger partial charge >= 0.3 is 0 Å². The third-order valence-electron chi connectivity index (χ3n) is 2.31. The maximum absolute atomic E-state index is 6.04. The Morgan fingerprint density at radius 1 is 1.44 bits per heavy atom. The standard InChI is InChI=1S/C11H11ClN2O2/c1-6-3-4-7(12)11(15-2)10(6)8-5-9(13)16-14-8/h3-5H,13H2,1-2H3. The van der Waals surface area contributed by atoms with Crippen LogP contribution in [0.1, 0.15) is 5.56 Å². The van der Waals surface area contributed by atoms with Crippen LogP contribution in [0.3, 0.4) is 0 Å². The van der Waals surface area contributed by atoms with E-state index in [1.807, 2.05) is 13.0 Å². The maximum atomic E-state index is 6.04. The summed E-state index contributed by atoms with van der Waals surface area (Å²) >= 11 is 6.04. The Labute approximate surface area is 97.9 Å². The van der Waals surface area contributed by atoms with Gasteiger partial charge in [-0.15, -0.1) is 0 Å². The molecule has 0 amide bonds. The monoisotopic (exact) mass is 238 g/mol. The van der Waals surface area contributed by atoms with Crippen LogP contribution in [0.25, 0.3) is 11.3 Å². The number of nitrogens with two attached hydrogens (primary N) is 1. The first-order valence-corrected chi connectivity index (χ1v) is 5.07. The molecule has 2 rings (SSSR count). The lowest BCUT2D eigenvalue weighted by Gasteiger charge is -2.10. The van der Waals surface area contributed by atoms with Gasteiger partial charge < -0.3 is 15.0 Å². The first-order chi connectivity index (χ1) is 7.63. The van der Waals surface area contributed by atoms with Crippen LogP contribution in [-0.2, 0) is 0 Å². The lowest BCUT2D eigenvalue weighted by Crippen LogP contribution is -1.92. The van der Waals surface area contributed by atoms with E-state index in [1.165, 1.54) is 0 Å². The quantitative estimate of drug-likeness (QED) is 0.874. The fraction of sp³-hybridized carbons (Fsp3) is 0.182. The molecule has 16 heavy (non-hydrogen) atoms. The van der Waals surface area contributed by atoms with Crippen LogP contribution in [0.15, 0.2) is 22.7 Å². The molecule has 0 aliphatic rings. The number of benzene rings is 1. The van der Waals surface area contributed by atoms with Gasteiger partial charge in [-0.25, -0.2) is 0 Å². The first-order valence-electron chi connectivity index (χ1n) is 4.69. The van der Waals surface area contributed by atoms with E-state index in [0.717, 1.165) is 11.1 Å². The number of nitrogen functional groups attached to an aromatic ring is 1. The van der Waals surface area contributed by atoms with Gasteiger partial charge in [-0.1, -0.05) is 22.8 Å². The average molecular weight is 239 g/mol. The summed E-state index contributed by atoms with van der Waals surface area (Å²) in [6.07, 6.45) is 0. The Balaban J connectivity index is 2.67. The Bertz CT molecular complexity index is 523. The van der Waals surface area contributed by atoms with Gasteiger partial charge in [-0.05, 0) is 18.6 Å². The summed E-state index contributed by atoms with van der Waals surface area (Å²) in [5, 5.41) is 4.39. The van der Waals surface area contributed by atoms with Crippen LogP contribution >= 0.6 is 11.6 Å². The van der Waals surface area contributed by atoms with E-state index in [0.29, 0.717) is 16.5 Å². The minimum Gasteiger partial charge on any atom is -0.494 e. The van der Waals surface area contributed by atoms with Gasteiger partial charge in [0.2, 0.25) is 5.88 Å². The zero-order chi connectivity index (χ0) is 11.7. The molecule has 0 saturated carbocycles. The van der Waals surface area contributed by atoms with E-state index in [-0.39, 0.29) is 5.88 Å². The van der Waals surface area contributed by atoms with E-state index in [2.05, 4.69) is 5.16 Å². The number of ether oxygens (including phenoxy) is 1. The molecule has 0 spiro atoms. The number of aryl methyl sites for hydroxylation is 1. The minimum atomic E-state index is 0.261. The van der Waals surface area contributed by atoms with E-state index in [9.17, 15) is 0 Å². The minimum absolute atomic E-state index is 0.261. The number of rotatable bonds is 2. The van der Waals surface area contributed by atoms with Crippen LogP contribution in [-0.4, -0.2) is 12.3 Å². The highest BCUT2D eigenvalue weighted by Crippen LogP contribution is 2.38. The molecule has 2 aromatic rings. The molecule has 0 fully saturated rings. The lowest BCUT2D eigenvalue weighted by molar-refractivity contribution is 0.414. The molecule has 0 bridgehead atoms. The Hall–Kier alpha value is -1.68. The molecule has 1 aromatic carbocycles. The second kappa shape index (κ2) is 4.06. The first kappa shape index (κ1) is 10.8. The number of aromatic nitrogens is 1. The van der Waals surface area contributed by atoms with Gasteiger partial charge in [0.1, 0.15) is 11.4 Å². The van der Waals surface area contributed by atoms with Crippen LogP contribution in [0.5, 0.6) is 5.75 Å². The third kappa shape index (κ3) is 1.72. The molecular formula is C11H11ClN2O2. The van der Waals surface area contributed by atoms with Crippen molar-refractivity contribution in [3.8, 4) is 17.0 Å². The molecule has 0 atom stereocenters. The largest absolute Gasteiger partial charge is 0.494 e. The summed E-state index contributed by atoms with van der Waals surface area (Å²) in [7, 11) is 1.56. The van der Waals surface area contributed by atoms with Crippen LogP contribution < -0.4 is 10.5 Å². The zero-order valence-corrected chi connectivity index (χ0v) is 9.71. The van der Waals surface area contributed by atoms with Crippen molar-refractivity contribution in [1.29, 1.82) is 0 Å². The van der Waals surface area contributed by atoms with Crippen molar-refractivity contribution in [2.24, 2.45) is 0 Å². The van der Waals surface area contributed by atoms with E-state index < -0.39 is 0 Å². The number of hydrogen-bond donors (Lipinski definition) is 1. The van der Waals surface area contributed by atoms with Crippen molar-refractivity contribution in [3.63, 3.8) is 0 Å². The van der Waals surface area contributed by atoms with Gasteiger partial charge in [0.05, 0.1) is 17.7 Å². The van der Waals surface area contributed by atoms with Crippen molar-refractivity contribution >= 4 is 17.5 Å². The Morgan fingerprint density at radius 3 is 2.75 bits per heavy atom. The lowest BCUT2D eigenvalue weighted by atomic mass is 10.0. The van der Waals surface area contributed by atoms with Crippen molar-refractivity contribution in [2.45, 2.75) is 6.92 Å². The van der Waals surface area contributed by atoms with Crippen LogP contribution in [0, 0.1) is 6.92 Å². The van der Waals surface area contributed by atoms with Crippen LogP contribution in [0.4, 0.5) is 5.88 Å². The second-order valence-electron chi connectivity index (χ2n) is 3.39. The van der Waals surface area contributed by atoms with Gasteiger partial charge in [-0.2, -0.15) is 0 Å². The van der Waals surface area contributed by atoms with Crippen molar-refractivity contribution in [1.82, 2.24) is 5.16 Å². The van der Waals surface area contributed by atoms with E-state index in [4.69, 9.17) is 26.6 Å². The number of methoxy groups -OCH3 is 1. The molecule has 0 aliphatic carbocycles. The molecule has 84 valence electrons. The number of halogens is 1. The summed E-state index contributed by atoms with van der Waals surface area (Å²) in [6, 6.07) is 5.31. The molecular weight excluding hydrogens is 228 g/mol. The summed E-state index contributed by atoms with van der Waals surface area (Å²) in [4.78, 5) is 0. The van der Waals surface area contributed by atoms with Gasteiger partial charge in [0.25, 0.3) is 0 Å². The summed E-state index contributed by atoms with van der Waals surface area (Å²) in [6.45, 7) is 1.94. The number of nitrogens with zero attached hydrogens (tertiary/aromatic N) is 1. The van der Waals surface area contributed by atoms with E-state index in [1.54, 1.807) is 19.2 Å². The highest BCUT2D eigenvalue weighted by atomic mass is 35.5. The molecule has 2 N–H and O–H groups in total. The Morgan fingerprint density at radius 2 is 2.19 bits per heavy atom. The molecule has 1 aromatic heterocycles. The summed E-state index contributed by atoms with van der Waals surface area (Å²) < 4.78 is 10.1. The highest BCUT2D eigenvalue weighted by molar-refractivity contribution is 6.32. The molecule has 0 radical (unpaired) electrons. The van der Waals surface area contributed by atoms with Crippen molar-refractivity contribution < 1.29 is 9.26 Å². The molecule has 0 unspecified atom stereocenters. The third-order valence-corrected chi connectivity index (χ3v) is 2.60. The number of hydrogen-bond acceptors (Lipinski definition) is 4. The molecule has 0 saturated heterocycles. The zero-order valence-electron chi connectivity index (χ0n) is 8.95. The summed E-state index contributed by atoms with van der Waals surface area (Å²) in [5.41, 5.74) is 7.91. The van der Waals surface area contributed by atoms with E-state index >= 15 is 0 Å². The highest BCUT2D eigenvalue weighted by Gasteiger charge is 2.16. The maximum Gasteiger partial charge on any atom is 0.222 e.